The maximum Gasteiger partial charge on any atom is 0.0390 e. The second kappa shape index (κ2) is 5.30. The molecule has 0 aliphatic carbocycles. The molecular formula is C9H16N2S. The summed E-state index contributed by atoms with van der Waals surface area (Å²) in [6.07, 6.45) is 2.22. The Labute approximate surface area is 77.8 Å². The monoisotopic (exact) mass is 184 g/mol. The SMILES string of the molecule is CNCCCC(N)c1cccs1. The molecule has 1 atom stereocenters. The third-order valence-electron chi connectivity index (χ3n) is 1.85. The van der Waals surface area contributed by atoms with Crippen LogP contribution in [0.2, 0.25) is 0 Å². The van der Waals surface area contributed by atoms with Gasteiger partial charge < -0.3 is 11.1 Å². The van der Waals surface area contributed by atoms with E-state index in [9.17, 15) is 0 Å². The van der Waals surface area contributed by atoms with Crippen molar-refractivity contribution < 1.29 is 0 Å². The first-order valence-corrected chi connectivity index (χ1v) is 5.16. The number of thiophene rings is 1. The zero-order valence-electron chi connectivity index (χ0n) is 7.42. The summed E-state index contributed by atoms with van der Waals surface area (Å²) in [4.78, 5) is 1.30. The molecule has 0 saturated carbocycles. The summed E-state index contributed by atoms with van der Waals surface area (Å²) in [5, 5.41) is 5.19. The molecule has 1 heterocycles. The van der Waals surface area contributed by atoms with Crippen LogP contribution in [0.1, 0.15) is 23.8 Å². The molecule has 0 spiro atoms. The summed E-state index contributed by atoms with van der Waals surface area (Å²) in [5.74, 6) is 0. The molecular weight excluding hydrogens is 168 g/mol. The van der Waals surface area contributed by atoms with Crippen molar-refractivity contribution in [1.82, 2.24) is 5.32 Å². The van der Waals surface area contributed by atoms with Crippen molar-refractivity contribution in [3.8, 4) is 0 Å². The Bertz CT molecular complexity index is 196. The number of nitrogens with two attached hydrogens (primary N) is 1. The van der Waals surface area contributed by atoms with Crippen molar-refractivity contribution in [2.24, 2.45) is 5.73 Å². The van der Waals surface area contributed by atoms with E-state index >= 15 is 0 Å². The van der Waals surface area contributed by atoms with Gasteiger partial charge in [-0.3, -0.25) is 0 Å². The first-order chi connectivity index (χ1) is 5.84. The van der Waals surface area contributed by atoms with Gasteiger partial charge in [-0.1, -0.05) is 6.07 Å². The Morgan fingerprint density at radius 3 is 3.08 bits per heavy atom. The maximum atomic E-state index is 5.96. The molecule has 0 amide bonds. The number of hydrogen-bond acceptors (Lipinski definition) is 3. The minimum Gasteiger partial charge on any atom is -0.323 e. The van der Waals surface area contributed by atoms with Crippen LogP contribution < -0.4 is 11.1 Å². The van der Waals surface area contributed by atoms with Crippen molar-refractivity contribution in [3.05, 3.63) is 22.4 Å². The highest BCUT2D eigenvalue weighted by Gasteiger charge is 2.04. The highest BCUT2D eigenvalue weighted by molar-refractivity contribution is 7.10. The van der Waals surface area contributed by atoms with Crippen molar-refractivity contribution >= 4 is 11.3 Å². The van der Waals surface area contributed by atoms with Crippen LogP contribution in [-0.2, 0) is 0 Å². The molecule has 1 rings (SSSR count). The topological polar surface area (TPSA) is 38.0 Å². The summed E-state index contributed by atoms with van der Waals surface area (Å²) in [7, 11) is 1.97. The fourth-order valence-electron chi connectivity index (χ4n) is 1.14. The largest absolute Gasteiger partial charge is 0.323 e. The molecule has 0 aliphatic heterocycles. The highest BCUT2D eigenvalue weighted by Crippen LogP contribution is 2.20. The average Bonchev–Trinajstić information content (AvgIpc) is 2.56. The van der Waals surface area contributed by atoms with Gasteiger partial charge in [-0.25, -0.2) is 0 Å². The minimum absolute atomic E-state index is 0.235. The van der Waals surface area contributed by atoms with Gasteiger partial charge in [0.2, 0.25) is 0 Å². The molecule has 0 saturated heterocycles. The Kier molecular flexibility index (Phi) is 4.29. The second-order valence-electron chi connectivity index (χ2n) is 2.87. The van der Waals surface area contributed by atoms with E-state index in [1.54, 1.807) is 11.3 Å². The third-order valence-corrected chi connectivity index (χ3v) is 2.85. The average molecular weight is 184 g/mol. The van der Waals surface area contributed by atoms with Crippen LogP contribution in [-0.4, -0.2) is 13.6 Å². The molecule has 2 nitrogen and oxygen atoms in total. The molecule has 1 unspecified atom stereocenters. The van der Waals surface area contributed by atoms with Crippen LogP contribution in [0.3, 0.4) is 0 Å². The number of hydrogen-bond donors (Lipinski definition) is 2. The van der Waals surface area contributed by atoms with E-state index in [1.165, 1.54) is 4.88 Å². The van der Waals surface area contributed by atoms with Gasteiger partial charge in [0.1, 0.15) is 0 Å². The van der Waals surface area contributed by atoms with E-state index in [0.29, 0.717) is 0 Å². The quantitative estimate of drug-likeness (QED) is 0.684. The summed E-state index contributed by atoms with van der Waals surface area (Å²) in [6, 6.07) is 4.39. The Balaban J connectivity index is 2.25. The predicted molar refractivity (Wildman–Crippen MR) is 54.4 cm³/mol. The normalized spacial score (nSPS) is 13.2. The molecule has 0 radical (unpaired) electrons. The van der Waals surface area contributed by atoms with Gasteiger partial charge in [0.25, 0.3) is 0 Å². The van der Waals surface area contributed by atoms with Crippen LogP contribution in [0.15, 0.2) is 17.5 Å². The van der Waals surface area contributed by atoms with E-state index in [-0.39, 0.29) is 6.04 Å². The molecule has 3 N–H and O–H groups in total. The van der Waals surface area contributed by atoms with Crippen molar-refractivity contribution in [1.29, 1.82) is 0 Å². The van der Waals surface area contributed by atoms with Crippen molar-refractivity contribution in [3.63, 3.8) is 0 Å². The fraction of sp³-hybridized carbons (Fsp3) is 0.556. The molecule has 68 valence electrons. The van der Waals surface area contributed by atoms with Gasteiger partial charge in [-0.15, -0.1) is 11.3 Å². The van der Waals surface area contributed by atoms with Crippen LogP contribution in [0.25, 0.3) is 0 Å². The Morgan fingerprint density at radius 1 is 1.67 bits per heavy atom. The molecule has 0 bridgehead atoms. The fourth-order valence-corrected chi connectivity index (χ4v) is 1.91. The van der Waals surface area contributed by atoms with Gasteiger partial charge in [0.05, 0.1) is 0 Å². The smallest absolute Gasteiger partial charge is 0.0390 e. The molecule has 0 fully saturated rings. The molecule has 0 aliphatic rings. The van der Waals surface area contributed by atoms with E-state index in [4.69, 9.17) is 5.73 Å². The number of nitrogens with one attached hydrogen (secondary N) is 1. The molecule has 1 aromatic rings. The van der Waals surface area contributed by atoms with Crippen LogP contribution in [0, 0.1) is 0 Å². The van der Waals surface area contributed by atoms with Crippen molar-refractivity contribution in [2.45, 2.75) is 18.9 Å². The lowest BCUT2D eigenvalue weighted by Crippen LogP contribution is -2.13. The Morgan fingerprint density at radius 2 is 2.50 bits per heavy atom. The Hall–Kier alpha value is -0.380. The van der Waals surface area contributed by atoms with Crippen LogP contribution >= 0.6 is 11.3 Å². The summed E-state index contributed by atoms with van der Waals surface area (Å²) >= 11 is 1.74. The summed E-state index contributed by atoms with van der Waals surface area (Å²) in [5.41, 5.74) is 5.96. The second-order valence-corrected chi connectivity index (χ2v) is 3.85. The van der Waals surface area contributed by atoms with E-state index < -0.39 is 0 Å². The van der Waals surface area contributed by atoms with Crippen LogP contribution in [0.5, 0.6) is 0 Å². The standard InChI is InChI=1S/C9H16N2S/c1-11-6-2-4-8(10)9-5-3-7-12-9/h3,5,7-8,11H,2,4,6,10H2,1H3. The third kappa shape index (κ3) is 2.93. The lowest BCUT2D eigenvalue weighted by atomic mass is 10.1. The van der Waals surface area contributed by atoms with Gasteiger partial charge in [-0.05, 0) is 37.9 Å². The first-order valence-electron chi connectivity index (χ1n) is 4.28. The highest BCUT2D eigenvalue weighted by atomic mass is 32.1. The van der Waals surface area contributed by atoms with Crippen LogP contribution in [0.4, 0.5) is 0 Å². The molecule has 3 heteroatoms. The van der Waals surface area contributed by atoms with E-state index in [0.717, 1.165) is 19.4 Å². The lowest BCUT2D eigenvalue weighted by Gasteiger charge is -2.08. The van der Waals surface area contributed by atoms with E-state index in [2.05, 4.69) is 22.8 Å². The first kappa shape index (κ1) is 9.71. The summed E-state index contributed by atoms with van der Waals surface area (Å²) in [6.45, 7) is 1.05. The van der Waals surface area contributed by atoms with Crippen molar-refractivity contribution in [2.75, 3.05) is 13.6 Å². The van der Waals surface area contributed by atoms with Gasteiger partial charge in [0.15, 0.2) is 0 Å². The minimum atomic E-state index is 0.235. The molecule has 12 heavy (non-hydrogen) atoms. The van der Waals surface area contributed by atoms with Gasteiger partial charge >= 0.3 is 0 Å². The zero-order chi connectivity index (χ0) is 8.81. The summed E-state index contributed by atoms with van der Waals surface area (Å²) < 4.78 is 0. The zero-order valence-corrected chi connectivity index (χ0v) is 8.23. The van der Waals surface area contributed by atoms with Gasteiger partial charge in [0, 0.05) is 10.9 Å². The van der Waals surface area contributed by atoms with E-state index in [1.807, 2.05) is 7.05 Å². The maximum absolute atomic E-state index is 5.96. The lowest BCUT2D eigenvalue weighted by molar-refractivity contribution is 0.597. The molecule has 0 aromatic carbocycles. The predicted octanol–water partition coefficient (Wildman–Crippen LogP) is 1.75. The molecule has 1 aromatic heterocycles. The number of rotatable bonds is 5. The van der Waals surface area contributed by atoms with Gasteiger partial charge in [-0.2, -0.15) is 0 Å².